The molecular formula is C11H8F3NO2. The smallest absolute Gasteiger partial charge is 0.422 e. The third-order valence-corrected chi connectivity index (χ3v) is 1.82. The molecule has 0 spiro atoms. The predicted molar refractivity (Wildman–Crippen MR) is 52.6 cm³/mol. The Morgan fingerprint density at radius 1 is 1.35 bits per heavy atom. The second kappa shape index (κ2) is 5.34. The van der Waals surface area contributed by atoms with E-state index in [2.05, 4.69) is 4.74 Å². The Bertz CT molecular complexity index is 449. The highest BCUT2D eigenvalue weighted by Gasteiger charge is 2.29. The highest BCUT2D eigenvalue weighted by molar-refractivity contribution is 5.99. The molecule has 1 aromatic rings. The molecule has 17 heavy (non-hydrogen) atoms. The summed E-state index contributed by atoms with van der Waals surface area (Å²) >= 11 is 0. The molecular weight excluding hydrogens is 235 g/mol. The Kier molecular flexibility index (Phi) is 4.10. The van der Waals surface area contributed by atoms with Gasteiger partial charge in [0.2, 0.25) is 0 Å². The van der Waals surface area contributed by atoms with Crippen molar-refractivity contribution in [2.24, 2.45) is 0 Å². The maximum Gasteiger partial charge on any atom is 0.422 e. The Labute approximate surface area is 95.4 Å². The van der Waals surface area contributed by atoms with Crippen LogP contribution in [0.15, 0.2) is 24.3 Å². The summed E-state index contributed by atoms with van der Waals surface area (Å²) in [6.45, 7) is -1.47. The molecule has 0 saturated heterocycles. The second-order valence-electron chi connectivity index (χ2n) is 3.16. The minimum atomic E-state index is -4.47. The molecule has 0 amide bonds. The minimum Gasteiger partial charge on any atom is -0.483 e. The molecule has 0 aliphatic heterocycles. The van der Waals surface area contributed by atoms with Gasteiger partial charge in [0, 0.05) is 0 Å². The van der Waals surface area contributed by atoms with Crippen molar-refractivity contribution < 1.29 is 22.7 Å². The number of nitriles is 1. The van der Waals surface area contributed by atoms with Gasteiger partial charge in [-0.1, -0.05) is 12.1 Å². The molecule has 90 valence electrons. The van der Waals surface area contributed by atoms with Gasteiger partial charge in [0.1, 0.15) is 5.75 Å². The number of ketones is 1. The first-order valence-corrected chi connectivity index (χ1v) is 4.63. The number of para-hydroxylation sites is 1. The molecule has 0 radical (unpaired) electrons. The molecule has 1 rings (SSSR count). The van der Waals surface area contributed by atoms with Crippen molar-refractivity contribution in [1.29, 1.82) is 5.26 Å². The first-order valence-electron chi connectivity index (χ1n) is 4.63. The van der Waals surface area contributed by atoms with Crippen LogP contribution in [0.2, 0.25) is 0 Å². The number of Topliss-reactive ketones (excluding diaryl/α,β-unsaturated/α-hetero) is 1. The van der Waals surface area contributed by atoms with E-state index >= 15 is 0 Å². The van der Waals surface area contributed by atoms with Gasteiger partial charge in [0.15, 0.2) is 12.4 Å². The molecule has 0 bridgehead atoms. The fraction of sp³-hybridized carbons (Fsp3) is 0.273. The van der Waals surface area contributed by atoms with Crippen LogP contribution < -0.4 is 4.74 Å². The van der Waals surface area contributed by atoms with E-state index in [0.29, 0.717) is 0 Å². The van der Waals surface area contributed by atoms with Gasteiger partial charge in [-0.3, -0.25) is 4.79 Å². The van der Waals surface area contributed by atoms with Crippen molar-refractivity contribution in [2.45, 2.75) is 12.6 Å². The first kappa shape index (κ1) is 13.0. The minimum absolute atomic E-state index is 0.0155. The number of alkyl halides is 3. The van der Waals surface area contributed by atoms with Gasteiger partial charge in [-0.2, -0.15) is 18.4 Å². The number of hydrogen-bond acceptors (Lipinski definition) is 3. The van der Waals surface area contributed by atoms with Crippen LogP contribution in [0.5, 0.6) is 5.75 Å². The lowest BCUT2D eigenvalue weighted by atomic mass is 10.1. The van der Waals surface area contributed by atoms with Gasteiger partial charge < -0.3 is 4.74 Å². The van der Waals surface area contributed by atoms with Crippen LogP contribution >= 0.6 is 0 Å². The molecule has 0 N–H and O–H groups in total. The monoisotopic (exact) mass is 243 g/mol. The number of hydrogen-bond donors (Lipinski definition) is 0. The molecule has 6 heteroatoms. The Morgan fingerprint density at radius 3 is 2.59 bits per heavy atom. The number of nitrogens with zero attached hydrogens (tertiary/aromatic N) is 1. The standard InChI is InChI=1S/C11H8F3NO2/c12-11(13,14)7-17-10-4-2-1-3-8(10)9(16)5-6-15/h1-4H,5,7H2. The summed E-state index contributed by atoms with van der Waals surface area (Å²) in [5.74, 6) is -0.727. The van der Waals surface area contributed by atoms with Crippen LogP contribution in [-0.4, -0.2) is 18.6 Å². The van der Waals surface area contributed by atoms with Crippen LogP contribution in [0.25, 0.3) is 0 Å². The fourth-order valence-electron chi connectivity index (χ4n) is 1.15. The second-order valence-corrected chi connectivity index (χ2v) is 3.16. The van der Waals surface area contributed by atoms with E-state index in [4.69, 9.17) is 5.26 Å². The van der Waals surface area contributed by atoms with Gasteiger partial charge in [0.25, 0.3) is 0 Å². The van der Waals surface area contributed by atoms with Crippen molar-refractivity contribution in [3.63, 3.8) is 0 Å². The van der Waals surface area contributed by atoms with Crippen LogP contribution in [0, 0.1) is 11.3 Å². The zero-order valence-electron chi connectivity index (χ0n) is 8.62. The van der Waals surface area contributed by atoms with Crippen molar-refractivity contribution in [3.05, 3.63) is 29.8 Å². The number of benzene rings is 1. The predicted octanol–water partition coefficient (Wildman–Crippen LogP) is 2.72. The molecule has 0 aromatic heterocycles. The zero-order chi connectivity index (χ0) is 12.9. The van der Waals surface area contributed by atoms with E-state index < -0.39 is 25.0 Å². The van der Waals surface area contributed by atoms with Gasteiger partial charge in [0.05, 0.1) is 18.1 Å². The van der Waals surface area contributed by atoms with E-state index in [1.165, 1.54) is 24.3 Å². The quantitative estimate of drug-likeness (QED) is 0.764. The number of carbonyl (C=O) groups excluding carboxylic acids is 1. The van der Waals surface area contributed by atoms with E-state index in [1.807, 2.05) is 0 Å². The summed E-state index contributed by atoms with van der Waals surface area (Å²) in [4.78, 5) is 11.4. The Morgan fingerprint density at radius 2 is 2.00 bits per heavy atom. The lowest BCUT2D eigenvalue weighted by Gasteiger charge is -2.11. The third-order valence-electron chi connectivity index (χ3n) is 1.82. The van der Waals surface area contributed by atoms with Crippen molar-refractivity contribution in [3.8, 4) is 11.8 Å². The van der Waals surface area contributed by atoms with E-state index in [0.717, 1.165) is 0 Å². The Hall–Kier alpha value is -2.03. The number of halogens is 3. The maximum absolute atomic E-state index is 12.0. The molecule has 0 aliphatic rings. The summed E-state index contributed by atoms with van der Waals surface area (Å²) in [6.07, 6.45) is -4.86. The molecule has 0 aliphatic carbocycles. The molecule has 0 heterocycles. The highest BCUT2D eigenvalue weighted by Crippen LogP contribution is 2.23. The van der Waals surface area contributed by atoms with Crippen molar-refractivity contribution in [1.82, 2.24) is 0 Å². The number of carbonyl (C=O) groups is 1. The Balaban J connectivity index is 2.86. The largest absolute Gasteiger partial charge is 0.483 e. The normalized spacial score (nSPS) is 10.7. The van der Waals surface area contributed by atoms with Crippen molar-refractivity contribution in [2.75, 3.05) is 6.61 Å². The zero-order valence-corrected chi connectivity index (χ0v) is 8.62. The van der Waals surface area contributed by atoms with Crippen molar-refractivity contribution >= 4 is 5.78 Å². The van der Waals surface area contributed by atoms with Crippen LogP contribution in [0.4, 0.5) is 13.2 Å². The first-order chi connectivity index (χ1) is 7.94. The summed E-state index contributed by atoms with van der Waals surface area (Å²) in [7, 11) is 0. The van der Waals surface area contributed by atoms with Crippen LogP contribution in [0.3, 0.4) is 0 Å². The van der Waals surface area contributed by atoms with E-state index in [-0.39, 0.29) is 11.3 Å². The maximum atomic E-state index is 12.0. The summed E-state index contributed by atoms with van der Waals surface area (Å²) in [6, 6.07) is 7.17. The van der Waals surface area contributed by atoms with Gasteiger partial charge >= 0.3 is 6.18 Å². The van der Waals surface area contributed by atoms with Gasteiger partial charge in [-0.15, -0.1) is 0 Å². The molecule has 1 aromatic carbocycles. The number of rotatable bonds is 4. The summed E-state index contributed by atoms with van der Waals surface area (Å²) in [5, 5.41) is 8.36. The molecule has 0 atom stereocenters. The van der Waals surface area contributed by atoms with E-state index in [9.17, 15) is 18.0 Å². The molecule has 0 fully saturated rings. The van der Waals surface area contributed by atoms with Crippen LogP contribution in [-0.2, 0) is 0 Å². The average Bonchev–Trinajstić information content (AvgIpc) is 2.26. The highest BCUT2D eigenvalue weighted by atomic mass is 19.4. The van der Waals surface area contributed by atoms with Crippen LogP contribution in [0.1, 0.15) is 16.8 Å². The van der Waals surface area contributed by atoms with Gasteiger partial charge in [-0.25, -0.2) is 0 Å². The lowest BCUT2D eigenvalue weighted by molar-refractivity contribution is -0.153. The average molecular weight is 243 g/mol. The topological polar surface area (TPSA) is 50.1 Å². The molecule has 0 unspecified atom stereocenters. The lowest BCUT2D eigenvalue weighted by Crippen LogP contribution is -2.20. The summed E-state index contributed by atoms with van der Waals surface area (Å²) in [5.41, 5.74) is -0.0155. The number of ether oxygens (including phenoxy) is 1. The SMILES string of the molecule is N#CCC(=O)c1ccccc1OCC(F)(F)F. The molecule has 3 nitrogen and oxygen atoms in total. The fourth-order valence-corrected chi connectivity index (χ4v) is 1.15. The van der Waals surface area contributed by atoms with Gasteiger partial charge in [-0.05, 0) is 12.1 Å². The molecule has 0 saturated carbocycles. The van der Waals surface area contributed by atoms with E-state index in [1.54, 1.807) is 6.07 Å². The summed E-state index contributed by atoms with van der Waals surface area (Å²) < 4.78 is 40.4. The third kappa shape index (κ3) is 4.15.